The fourth-order valence-corrected chi connectivity index (χ4v) is 3.62. The highest BCUT2D eigenvalue weighted by Gasteiger charge is 2.20. The Morgan fingerprint density at radius 2 is 2.04 bits per heavy atom. The number of hydrogen-bond acceptors (Lipinski definition) is 6. The number of carbonyl (C=O) groups is 1. The van der Waals surface area contributed by atoms with Gasteiger partial charge in [0, 0.05) is 6.42 Å². The van der Waals surface area contributed by atoms with Crippen molar-refractivity contribution >= 4 is 44.9 Å². The minimum absolute atomic E-state index is 0.0697. The number of aryl methyl sites for hydroxylation is 1. The van der Waals surface area contributed by atoms with Gasteiger partial charge in [0.1, 0.15) is 15.5 Å². The molecule has 5 nitrogen and oxygen atoms in total. The van der Waals surface area contributed by atoms with E-state index in [2.05, 4.69) is 9.97 Å². The molecule has 2 aromatic heterocycles. The number of aromatic nitrogens is 2. The molecular weight excluding hydrogens is 334 g/mol. The van der Waals surface area contributed by atoms with Crippen LogP contribution in [0.3, 0.4) is 0 Å². The van der Waals surface area contributed by atoms with Crippen molar-refractivity contribution in [3.8, 4) is 0 Å². The lowest BCUT2D eigenvalue weighted by atomic mass is 10.2. The van der Waals surface area contributed by atoms with Gasteiger partial charge in [-0.25, -0.2) is 14.8 Å². The van der Waals surface area contributed by atoms with Gasteiger partial charge in [-0.1, -0.05) is 30.3 Å². The normalized spacial score (nSPS) is 10.9. The summed E-state index contributed by atoms with van der Waals surface area (Å²) in [7, 11) is 0. The van der Waals surface area contributed by atoms with Crippen molar-refractivity contribution in [1.29, 1.82) is 0 Å². The molecule has 2 heterocycles. The second-order valence-electron chi connectivity index (χ2n) is 4.99. The van der Waals surface area contributed by atoms with E-state index in [4.69, 9.17) is 22.1 Å². The summed E-state index contributed by atoms with van der Waals surface area (Å²) in [4.78, 5) is 21.4. The Hall–Kier alpha value is -2.18. The number of anilines is 1. The molecule has 0 saturated carbocycles. The van der Waals surface area contributed by atoms with Crippen molar-refractivity contribution in [3.63, 3.8) is 0 Å². The Labute approximate surface area is 142 Å². The molecular formula is C16H14ClN3O2S. The highest BCUT2D eigenvalue weighted by atomic mass is 35.5. The van der Waals surface area contributed by atoms with Gasteiger partial charge in [0.15, 0.2) is 0 Å². The predicted molar refractivity (Wildman–Crippen MR) is 92.0 cm³/mol. The van der Waals surface area contributed by atoms with E-state index in [0.29, 0.717) is 28.1 Å². The Balaban J connectivity index is 1.76. The van der Waals surface area contributed by atoms with Gasteiger partial charge in [-0.15, -0.1) is 11.3 Å². The number of esters is 1. The molecule has 0 unspecified atom stereocenters. The first-order valence-corrected chi connectivity index (χ1v) is 8.19. The zero-order valence-corrected chi connectivity index (χ0v) is 13.9. The number of fused-ring (bicyclic) bond motifs is 1. The van der Waals surface area contributed by atoms with Gasteiger partial charge in [0.05, 0.1) is 12.0 Å². The molecule has 7 heteroatoms. The number of thiophene rings is 1. The zero-order chi connectivity index (χ0) is 16.4. The third kappa shape index (κ3) is 3.28. The summed E-state index contributed by atoms with van der Waals surface area (Å²) >= 11 is 7.02. The monoisotopic (exact) mass is 347 g/mol. The first kappa shape index (κ1) is 15.7. The maximum absolute atomic E-state index is 12.3. The molecule has 0 aliphatic heterocycles. The molecule has 3 aromatic rings. The van der Waals surface area contributed by atoms with Crippen LogP contribution in [-0.4, -0.2) is 22.5 Å². The molecule has 0 aliphatic carbocycles. The maximum Gasteiger partial charge on any atom is 0.348 e. The van der Waals surface area contributed by atoms with E-state index in [0.717, 1.165) is 11.1 Å². The van der Waals surface area contributed by atoms with Crippen LogP contribution in [0.2, 0.25) is 5.28 Å². The Morgan fingerprint density at radius 1 is 1.30 bits per heavy atom. The molecule has 0 atom stereocenters. The van der Waals surface area contributed by atoms with Crippen LogP contribution >= 0.6 is 22.9 Å². The predicted octanol–water partition coefficient (Wildman–Crippen LogP) is 3.63. The van der Waals surface area contributed by atoms with Crippen molar-refractivity contribution in [3.05, 3.63) is 51.6 Å². The lowest BCUT2D eigenvalue weighted by Crippen LogP contribution is -2.07. The minimum Gasteiger partial charge on any atom is -0.461 e. The van der Waals surface area contributed by atoms with Crippen LogP contribution in [0.5, 0.6) is 0 Å². The van der Waals surface area contributed by atoms with E-state index in [1.165, 1.54) is 11.3 Å². The van der Waals surface area contributed by atoms with Crippen LogP contribution in [0.1, 0.15) is 20.8 Å². The van der Waals surface area contributed by atoms with Gasteiger partial charge < -0.3 is 10.5 Å². The van der Waals surface area contributed by atoms with Crippen molar-refractivity contribution in [2.45, 2.75) is 13.3 Å². The summed E-state index contributed by atoms with van der Waals surface area (Å²) in [6, 6.07) is 9.86. The average molecular weight is 348 g/mol. The van der Waals surface area contributed by atoms with Gasteiger partial charge in [-0.3, -0.25) is 0 Å². The summed E-state index contributed by atoms with van der Waals surface area (Å²) < 4.78 is 5.36. The first-order chi connectivity index (χ1) is 11.1. The Bertz CT molecular complexity index is 865. The van der Waals surface area contributed by atoms with Crippen LogP contribution in [0.4, 0.5) is 5.82 Å². The molecule has 0 saturated heterocycles. The quantitative estimate of drug-likeness (QED) is 0.576. The number of nitrogens with zero attached hydrogens (tertiary/aromatic N) is 2. The fraction of sp³-hybridized carbons (Fsp3) is 0.188. The van der Waals surface area contributed by atoms with Gasteiger partial charge in [-0.2, -0.15) is 0 Å². The lowest BCUT2D eigenvalue weighted by Gasteiger charge is -2.04. The second-order valence-corrected chi connectivity index (χ2v) is 6.32. The van der Waals surface area contributed by atoms with Crippen molar-refractivity contribution in [1.82, 2.24) is 9.97 Å². The molecule has 3 rings (SSSR count). The number of hydrogen-bond donors (Lipinski definition) is 1. The highest BCUT2D eigenvalue weighted by molar-refractivity contribution is 7.20. The largest absolute Gasteiger partial charge is 0.461 e. The summed E-state index contributed by atoms with van der Waals surface area (Å²) in [5.41, 5.74) is 7.71. The van der Waals surface area contributed by atoms with Crippen molar-refractivity contribution in [2.75, 3.05) is 12.3 Å². The Kier molecular flexibility index (Phi) is 4.45. The van der Waals surface area contributed by atoms with Crippen molar-refractivity contribution in [2.24, 2.45) is 0 Å². The molecule has 0 bridgehead atoms. The molecule has 23 heavy (non-hydrogen) atoms. The van der Waals surface area contributed by atoms with Crippen LogP contribution in [0, 0.1) is 6.92 Å². The third-order valence-corrected chi connectivity index (χ3v) is 4.78. The third-order valence-electron chi connectivity index (χ3n) is 3.44. The molecule has 118 valence electrons. The zero-order valence-electron chi connectivity index (χ0n) is 12.4. The van der Waals surface area contributed by atoms with E-state index in [-0.39, 0.29) is 17.1 Å². The van der Waals surface area contributed by atoms with E-state index in [1.807, 2.05) is 30.3 Å². The molecule has 0 aliphatic rings. The smallest absolute Gasteiger partial charge is 0.348 e. The molecule has 1 aromatic carbocycles. The number of benzene rings is 1. The van der Waals surface area contributed by atoms with E-state index in [1.54, 1.807) is 6.92 Å². The average Bonchev–Trinajstić information content (AvgIpc) is 2.85. The van der Waals surface area contributed by atoms with E-state index >= 15 is 0 Å². The molecule has 2 N–H and O–H groups in total. The molecule has 0 radical (unpaired) electrons. The SMILES string of the molecule is Cc1c(C(=O)OCCc2ccccc2)sc2nc(Cl)nc(N)c12. The summed E-state index contributed by atoms with van der Waals surface area (Å²) in [6.07, 6.45) is 0.671. The van der Waals surface area contributed by atoms with E-state index in [9.17, 15) is 4.79 Å². The van der Waals surface area contributed by atoms with Gasteiger partial charge in [0.25, 0.3) is 0 Å². The molecule has 0 amide bonds. The van der Waals surface area contributed by atoms with Crippen LogP contribution in [0.25, 0.3) is 10.2 Å². The topological polar surface area (TPSA) is 78.1 Å². The van der Waals surface area contributed by atoms with Gasteiger partial charge >= 0.3 is 5.97 Å². The summed E-state index contributed by atoms with van der Waals surface area (Å²) in [6.45, 7) is 2.12. The number of carbonyl (C=O) groups excluding carboxylic acids is 1. The minimum atomic E-state index is -0.378. The molecule has 0 fully saturated rings. The van der Waals surface area contributed by atoms with Gasteiger partial charge in [-0.05, 0) is 29.7 Å². The fourth-order valence-electron chi connectivity index (χ4n) is 2.31. The first-order valence-electron chi connectivity index (χ1n) is 6.99. The van der Waals surface area contributed by atoms with Crippen LogP contribution in [-0.2, 0) is 11.2 Å². The summed E-state index contributed by atoms with van der Waals surface area (Å²) in [5, 5.41) is 0.731. The number of rotatable bonds is 4. The lowest BCUT2D eigenvalue weighted by molar-refractivity contribution is 0.0514. The number of nitrogen functional groups attached to an aromatic ring is 1. The number of ether oxygens (including phenoxy) is 1. The molecule has 0 spiro atoms. The van der Waals surface area contributed by atoms with Crippen LogP contribution < -0.4 is 5.73 Å². The van der Waals surface area contributed by atoms with Crippen LogP contribution in [0.15, 0.2) is 30.3 Å². The summed E-state index contributed by atoms with van der Waals surface area (Å²) in [5.74, 6) is -0.103. The highest BCUT2D eigenvalue weighted by Crippen LogP contribution is 2.33. The van der Waals surface area contributed by atoms with E-state index < -0.39 is 0 Å². The maximum atomic E-state index is 12.3. The Morgan fingerprint density at radius 3 is 2.78 bits per heavy atom. The number of nitrogens with two attached hydrogens (primary N) is 1. The number of halogens is 1. The van der Waals surface area contributed by atoms with Gasteiger partial charge in [0.2, 0.25) is 5.28 Å². The standard InChI is InChI=1S/C16H14ClN3O2S/c1-9-11-13(18)19-16(17)20-14(11)23-12(9)15(21)22-8-7-10-5-3-2-4-6-10/h2-6H,7-8H2,1H3,(H2,18,19,20). The second kappa shape index (κ2) is 6.52. The van der Waals surface area contributed by atoms with Crippen molar-refractivity contribution < 1.29 is 9.53 Å².